The molecule has 8 nitrogen and oxygen atoms in total. The van der Waals surface area contributed by atoms with Crippen LogP contribution in [-0.2, 0) is 6.54 Å². The van der Waals surface area contributed by atoms with E-state index in [1.54, 1.807) is 29.4 Å². The summed E-state index contributed by atoms with van der Waals surface area (Å²) in [6, 6.07) is 7.56. The van der Waals surface area contributed by atoms with E-state index in [-0.39, 0.29) is 5.95 Å². The summed E-state index contributed by atoms with van der Waals surface area (Å²) < 4.78 is 6.04. The minimum atomic E-state index is -0.485. The van der Waals surface area contributed by atoms with Crippen LogP contribution in [0.1, 0.15) is 5.56 Å². The van der Waals surface area contributed by atoms with Crippen molar-refractivity contribution in [3.05, 3.63) is 58.4 Å². The van der Waals surface area contributed by atoms with Gasteiger partial charge in [-0.2, -0.15) is 9.97 Å². The molecule has 3 heterocycles. The minimum absolute atomic E-state index is 0.237. The van der Waals surface area contributed by atoms with Gasteiger partial charge in [-0.1, -0.05) is 0 Å². The van der Waals surface area contributed by atoms with Gasteiger partial charge in [0.05, 0.1) is 28.3 Å². The second-order valence-corrected chi connectivity index (χ2v) is 5.86. The van der Waals surface area contributed by atoms with Crippen molar-refractivity contribution in [1.82, 2.24) is 19.9 Å². The Labute approximate surface area is 139 Å². The van der Waals surface area contributed by atoms with Crippen LogP contribution in [0.15, 0.2) is 51.5 Å². The highest BCUT2D eigenvalue weighted by Gasteiger charge is 2.05. The Morgan fingerprint density at radius 2 is 2.21 bits per heavy atom. The molecular weight excluding hydrogens is 328 g/mol. The number of anilines is 3. The van der Waals surface area contributed by atoms with Crippen LogP contribution in [0.4, 0.5) is 17.6 Å². The zero-order valence-electron chi connectivity index (χ0n) is 12.3. The summed E-state index contributed by atoms with van der Waals surface area (Å²) in [5, 5.41) is 6.06. The van der Waals surface area contributed by atoms with Gasteiger partial charge >= 0.3 is 5.69 Å². The zero-order valence-corrected chi connectivity index (χ0v) is 13.1. The number of furan rings is 1. The van der Waals surface area contributed by atoms with Crippen LogP contribution < -0.4 is 16.3 Å². The van der Waals surface area contributed by atoms with Gasteiger partial charge in [0, 0.05) is 17.8 Å². The lowest BCUT2D eigenvalue weighted by Crippen LogP contribution is -2.17. The number of benzene rings is 1. The van der Waals surface area contributed by atoms with E-state index >= 15 is 0 Å². The van der Waals surface area contributed by atoms with Gasteiger partial charge in [0.1, 0.15) is 0 Å². The van der Waals surface area contributed by atoms with E-state index < -0.39 is 5.69 Å². The van der Waals surface area contributed by atoms with Crippen molar-refractivity contribution < 1.29 is 4.42 Å². The summed E-state index contributed by atoms with van der Waals surface area (Å²) in [5.74, 6) is 0.551. The lowest BCUT2D eigenvalue weighted by molar-refractivity contribution is 0.564. The van der Waals surface area contributed by atoms with Crippen LogP contribution in [0.3, 0.4) is 0 Å². The Morgan fingerprint density at radius 3 is 3.08 bits per heavy atom. The van der Waals surface area contributed by atoms with Crippen molar-refractivity contribution >= 4 is 39.1 Å². The second-order valence-electron chi connectivity index (χ2n) is 4.97. The summed E-state index contributed by atoms with van der Waals surface area (Å²) >= 11 is 1.55. The number of thiazole rings is 1. The quantitative estimate of drug-likeness (QED) is 0.512. The molecule has 0 atom stereocenters. The molecule has 120 valence electrons. The monoisotopic (exact) mass is 340 g/mol. The van der Waals surface area contributed by atoms with Gasteiger partial charge in [0.2, 0.25) is 11.9 Å². The Morgan fingerprint density at radius 1 is 1.25 bits per heavy atom. The molecule has 0 radical (unpaired) electrons. The lowest BCUT2D eigenvalue weighted by atomic mass is 10.3. The number of fused-ring (bicyclic) bond motifs is 1. The van der Waals surface area contributed by atoms with Gasteiger partial charge in [-0.15, -0.1) is 11.3 Å². The maximum atomic E-state index is 11.7. The fourth-order valence-electron chi connectivity index (χ4n) is 2.17. The number of aromatic nitrogens is 4. The van der Waals surface area contributed by atoms with Gasteiger partial charge in [-0.25, -0.2) is 9.78 Å². The summed E-state index contributed by atoms with van der Waals surface area (Å²) in [6.45, 7) is 0.465. The van der Waals surface area contributed by atoms with Crippen molar-refractivity contribution in [2.45, 2.75) is 6.54 Å². The highest BCUT2D eigenvalue weighted by atomic mass is 32.1. The summed E-state index contributed by atoms with van der Waals surface area (Å²) in [4.78, 5) is 26.6. The van der Waals surface area contributed by atoms with E-state index in [2.05, 4.69) is 30.6 Å². The molecule has 0 saturated carbocycles. The third-order valence-electron chi connectivity index (χ3n) is 3.28. The fraction of sp³-hybridized carbons (Fsp3) is 0.0667. The normalized spacial score (nSPS) is 10.8. The standard InChI is InChI=1S/C15H12N6O2S/c22-15-20-13(16-6-9-3-4-23-7-9)19-14(21-15)18-10-1-2-11-12(5-10)24-8-17-11/h1-5,7-8H,6H2,(H3,16,18,19,20,21,22). The number of nitrogens with one attached hydrogen (secondary N) is 3. The van der Waals surface area contributed by atoms with Crippen molar-refractivity contribution in [3.63, 3.8) is 0 Å². The Bertz CT molecular complexity index is 1020. The van der Waals surface area contributed by atoms with E-state index in [1.165, 1.54) is 0 Å². The average molecular weight is 340 g/mol. The first-order chi connectivity index (χ1) is 11.8. The van der Waals surface area contributed by atoms with Crippen LogP contribution in [0.25, 0.3) is 10.2 Å². The van der Waals surface area contributed by atoms with Crippen molar-refractivity contribution in [3.8, 4) is 0 Å². The molecule has 0 saturated heterocycles. The molecule has 0 fully saturated rings. The Hall–Kier alpha value is -3.20. The molecule has 0 aliphatic heterocycles. The van der Waals surface area contributed by atoms with Gasteiger partial charge in [-0.05, 0) is 24.3 Å². The molecule has 3 aromatic heterocycles. The van der Waals surface area contributed by atoms with Crippen LogP contribution >= 0.6 is 11.3 Å². The second kappa shape index (κ2) is 6.13. The average Bonchev–Trinajstić information content (AvgIpc) is 3.23. The molecule has 3 N–H and O–H groups in total. The number of nitrogens with zero attached hydrogens (tertiary/aromatic N) is 3. The predicted octanol–water partition coefficient (Wildman–Crippen LogP) is 2.72. The smallest absolute Gasteiger partial charge is 0.351 e. The van der Waals surface area contributed by atoms with Gasteiger partial charge in [0.25, 0.3) is 0 Å². The highest BCUT2D eigenvalue weighted by molar-refractivity contribution is 7.16. The number of H-pyrrole nitrogens is 1. The predicted molar refractivity (Wildman–Crippen MR) is 91.6 cm³/mol. The lowest BCUT2D eigenvalue weighted by Gasteiger charge is -2.07. The Kier molecular flexibility index (Phi) is 3.67. The molecule has 1 aromatic carbocycles. The van der Waals surface area contributed by atoms with Crippen LogP contribution in [0.5, 0.6) is 0 Å². The molecule has 0 aliphatic rings. The number of aromatic amines is 1. The molecule has 0 bridgehead atoms. The molecule has 4 rings (SSSR count). The van der Waals surface area contributed by atoms with E-state index in [0.29, 0.717) is 12.5 Å². The third kappa shape index (κ3) is 3.10. The molecule has 0 aliphatic carbocycles. The number of hydrogen-bond donors (Lipinski definition) is 3. The maximum absolute atomic E-state index is 11.7. The summed E-state index contributed by atoms with van der Waals surface area (Å²) in [5.41, 5.74) is 3.98. The van der Waals surface area contributed by atoms with Crippen LogP contribution in [0.2, 0.25) is 0 Å². The first-order valence-corrected chi connectivity index (χ1v) is 7.98. The SMILES string of the molecule is O=c1nc(NCc2ccoc2)nc(Nc2ccc3ncsc3c2)[nH]1. The van der Waals surface area contributed by atoms with Gasteiger partial charge < -0.3 is 15.1 Å². The fourth-order valence-corrected chi connectivity index (χ4v) is 2.88. The minimum Gasteiger partial charge on any atom is -0.472 e. The topological polar surface area (TPSA) is 109 Å². The van der Waals surface area contributed by atoms with Crippen LogP contribution in [0, 0.1) is 0 Å². The molecular formula is C15H12N6O2S. The van der Waals surface area contributed by atoms with E-state index in [9.17, 15) is 4.79 Å². The zero-order chi connectivity index (χ0) is 16.4. The maximum Gasteiger partial charge on any atom is 0.351 e. The first kappa shape index (κ1) is 14.4. The van der Waals surface area contributed by atoms with Gasteiger partial charge in [-0.3, -0.25) is 4.98 Å². The van der Waals surface area contributed by atoms with E-state index in [1.807, 2.05) is 24.3 Å². The molecule has 9 heteroatoms. The first-order valence-electron chi connectivity index (χ1n) is 7.10. The molecule has 0 spiro atoms. The highest BCUT2D eigenvalue weighted by Crippen LogP contribution is 2.23. The third-order valence-corrected chi connectivity index (χ3v) is 4.07. The van der Waals surface area contributed by atoms with Crippen molar-refractivity contribution in [2.75, 3.05) is 10.6 Å². The molecule has 24 heavy (non-hydrogen) atoms. The molecule has 4 aromatic rings. The number of hydrogen-bond acceptors (Lipinski definition) is 8. The molecule has 0 unspecified atom stereocenters. The summed E-state index contributed by atoms with van der Waals surface area (Å²) in [7, 11) is 0. The van der Waals surface area contributed by atoms with Crippen LogP contribution in [-0.4, -0.2) is 19.9 Å². The van der Waals surface area contributed by atoms with E-state index in [4.69, 9.17) is 4.42 Å². The van der Waals surface area contributed by atoms with Gasteiger partial charge in [0.15, 0.2) is 0 Å². The largest absolute Gasteiger partial charge is 0.472 e. The number of rotatable bonds is 5. The van der Waals surface area contributed by atoms with Crippen molar-refractivity contribution in [2.24, 2.45) is 0 Å². The summed E-state index contributed by atoms with van der Waals surface area (Å²) in [6.07, 6.45) is 3.20. The Balaban J connectivity index is 1.54. The molecule has 0 amide bonds. The van der Waals surface area contributed by atoms with E-state index in [0.717, 1.165) is 21.5 Å². The van der Waals surface area contributed by atoms with Crippen molar-refractivity contribution in [1.29, 1.82) is 0 Å².